The van der Waals surface area contributed by atoms with Gasteiger partial charge in [0.2, 0.25) is 5.91 Å². The molecule has 1 saturated heterocycles. The lowest BCUT2D eigenvalue weighted by Gasteiger charge is -2.33. The molecule has 104 valence electrons. The van der Waals surface area contributed by atoms with Gasteiger partial charge in [-0.15, -0.1) is 10.1 Å². The van der Waals surface area contributed by atoms with Crippen LogP contribution in [0.1, 0.15) is 33.1 Å². The molecule has 1 fully saturated rings. The molecule has 1 aliphatic rings. The summed E-state index contributed by atoms with van der Waals surface area (Å²) in [5.74, 6) is 0.210. The van der Waals surface area contributed by atoms with Crippen molar-refractivity contribution in [1.29, 1.82) is 0 Å². The summed E-state index contributed by atoms with van der Waals surface area (Å²) < 4.78 is 0. The van der Waals surface area contributed by atoms with Crippen LogP contribution in [0.4, 0.5) is 0 Å². The third-order valence-electron chi connectivity index (χ3n) is 2.99. The molecule has 0 radical (unpaired) electrons. The third-order valence-corrected chi connectivity index (χ3v) is 2.99. The monoisotopic (exact) mass is 259 g/mol. The van der Waals surface area contributed by atoms with Crippen LogP contribution < -0.4 is 5.73 Å². The molecule has 1 amide bonds. The van der Waals surface area contributed by atoms with E-state index in [1.807, 2.05) is 13.8 Å². The topological polar surface area (TPSA) is 98.7 Å². The van der Waals surface area contributed by atoms with E-state index < -0.39 is 10.6 Å². The highest BCUT2D eigenvalue weighted by molar-refractivity contribution is 5.77. The van der Waals surface area contributed by atoms with Crippen LogP contribution in [0.5, 0.6) is 0 Å². The fourth-order valence-electron chi connectivity index (χ4n) is 2.02. The molecule has 1 aliphatic heterocycles. The summed E-state index contributed by atoms with van der Waals surface area (Å²) in [4.78, 5) is 28.1. The Bertz CT molecular complexity index is 306. The number of nitrogens with two attached hydrogens (primary N) is 1. The van der Waals surface area contributed by atoms with Gasteiger partial charge in [0.05, 0.1) is 6.61 Å². The molecule has 7 heteroatoms. The highest BCUT2D eigenvalue weighted by atomic mass is 16.9. The van der Waals surface area contributed by atoms with E-state index in [1.165, 1.54) is 0 Å². The van der Waals surface area contributed by atoms with Crippen molar-refractivity contribution < 1.29 is 14.7 Å². The molecular formula is C11H21N3O4. The summed E-state index contributed by atoms with van der Waals surface area (Å²) in [6.07, 6.45) is 1.80. The molecule has 0 atom stereocenters. The number of hydrogen-bond acceptors (Lipinski definition) is 5. The molecule has 2 N–H and O–H groups in total. The summed E-state index contributed by atoms with van der Waals surface area (Å²) in [5.41, 5.74) is 5.31. The maximum atomic E-state index is 11.9. The first-order valence-electron chi connectivity index (χ1n) is 6.12. The van der Waals surface area contributed by atoms with Crippen molar-refractivity contribution in [2.24, 2.45) is 11.7 Å². The van der Waals surface area contributed by atoms with Crippen molar-refractivity contribution in [1.82, 2.24) is 4.90 Å². The van der Waals surface area contributed by atoms with Gasteiger partial charge >= 0.3 is 0 Å². The van der Waals surface area contributed by atoms with E-state index in [0.29, 0.717) is 19.5 Å². The Morgan fingerprint density at radius 2 is 2.06 bits per heavy atom. The first-order chi connectivity index (χ1) is 8.28. The number of amides is 1. The van der Waals surface area contributed by atoms with Crippen molar-refractivity contribution >= 4 is 5.91 Å². The van der Waals surface area contributed by atoms with Crippen LogP contribution in [0.3, 0.4) is 0 Å². The maximum absolute atomic E-state index is 11.9. The molecule has 0 spiro atoms. The van der Waals surface area contributed by atoms with E-state index >= 15 is 0 Å². The van der Waals surface area contributed by atoms with Crippen molar-refractivity contribution in [3.05, 3.63) is 10.1 Å². The molecule has 18 heavy (non-hydrogen) atoms. The van der Waals surface area contributed by atoms with Gasteiger partial charge in [0.25, 0.3) is 5.09 Å². The molecule has 0 aromatic carbocycles. The van der Waals surface area contributed by atoms with Gasteiger partial charge in [0.15, 0.2) is 0 Å². The Morgan fingerprint density at radius 3 is 2.50 bits per heavy atom. The van der Waals surface area contributed by atoms with E-state index in [1.54, 1.807) is 4.90 Å². The molecular weight excluding hydrogens is 238 g/mol. The summed E-state index contributed by atoms with van der Waals surface area (Å²) in [6.45, 7) is 5.02. The summed E-state index contributed by atoms with van der Waals surface area (Å²) in [5, 5.41) is 9.31. The van der Waals surface area contributed by atoms with Crippen molar-refractivity contribution in [3.8, 4) is 0 Å². The minimum atomic E-state index is -0.769. The number of carbonyl (C=O) groups excluding carboxylic acids is 1. The lowest BCUT2D eigenvalue weighted by molar-refractivity contribution is -0.759. The molecule has 0 aromatic heterocycles. The average Bonchev–Trinajstić information content (AvgIpc) is 2.24. The smallest absolute Gasteiger partial charge is 0.294 e. The first-order valence-corrected chi connectivity index (χ1v) is 6.12. The number of hydrogen-bond donors (Lipinski definition) is 1. The second kappa shape index (κ2) is 5.99. The van der Waals surface area contributed by atoms with E-state index in [-0.39, 0.29) is 18.4 Å². The number of piperidine rings is 1. The zero-order chi connectivity index (χ0) is 13.8. The van der Waals surface area contributed by atoms with E-state index in [4.69, 9.17) is 5.73 Å². The summed E-state index contributed by atoms with van der Waals surface area (Å²) in [7, 11) is 0. The lowest BCUT2D eigenvalue weighted by atomic mass is 9.96. The zero-order valence-corrected chi connectivity index (χ0v) is 10.9. The SMILES string of the molecule is CC(C)(N)CC(=O)N1CCC(CO[N+](=O)[O-])CC1. The average molecular weight is 259 g/mol. The minimum Gasteiger partial charge on any atom is -0.343 e. The van der Waals surface area contributed by atoms with Crippen LogP contribution in [0, 0.1) is 16.0 Å². The molecule has 7 nitrogen and oxygen atoms in total. The maximum Gasteiger partial charge on any atom is 0.294 e. The first kappa shape index (κ1) is 14.7. The Labute approximate surface area is 106 Å². The molecule has 1 rings (SSSR count). The van der Waals surface area contributed by atoms with Crippen LogP contribution in [0.15, 0.2) is 0 Å². The van der Waals surface area contributed by atoms with E-state index in [2.05, 4.69) is 4.84 Å². The highest BCUT2D eigenvalue weighted by Gasteiger charge is 2.26. The van der Waals surface area contributed by atoms with Crippen LogP contribution in [0.2, 0.25) is 0 Å². The zero-order valence-electron chi connectivity index (χ0n) is 10.9. The predicted molar refractivity (Wildman–Crippen MR) is 65.1 cm³/mol. The van der Waals surface area contributed by atoms with Gasteiger partial charge < -0.3 is 15.5 Å². The van der Waals surface area contributed by atoms with Crippen LogP contribution in [-0.4, -0.2) is 41.1 Å². The predicted octanol–water partition coefficient (Wildman–Crippen LogP) is 0.561. The van der Waals surface area contributed by atoms with Crippen molar-refractivity contribution in [2.75, 3.05) is 19.7 Å². The van der Waals surface area contributed by atoms with Gasteiger partial charge in [0, 0.05) is 25.0 Å². The van der Waals surface area contributed by atoms with Gasteiger partial charge in [0.1, 0.15) is 0 Å². The number of nitrogens with zero attached hydrogens (tertiary/aromatic N) is 2. The highest BCUT2D eigenvalue weighted by Crippen LogP contribution is 2.19. The van der Waals surface area contributed by atoms with Gasteiger partial charge in [-0.3, -0.25) is 4.79 Å². The van der Waals surface area contributed by atoms with Gasteiger partial charge in [-0.05, 0) is 32.6 Å². The van der Waals surface area contributed by atoms with E-state index in [0.717, 1.165) is 12.8 Å². The fraction of sp³-hybridized carbons (Fsp3) is 0.909. The Balaban J connectivity index is 2.30. The number of rotatable bonds is 5. The fourth-order valence-corrected chi connectivity index (χ4v) is 2.02. The second-order valence-electron chi connectivity index (χ2n) is 5.51. The second-order valence-corrected chi connectivity index (χ2v) is 5.51. The van der Waals surface area contributed by atoms with Crippen LogP contribution >= 0.6 is 0 Å². The van der Waals surface area contributed by atoms with Crippen molar-refractivity contribution in [2.45, 2.75) is 38.6 Å². The molecule has 0 bridgehead atoms. The molecule has 0 aliphatic carbocycles. The summed E-state index contributed by atoms with van der Waals surface area (Å²) in [6, 6.07) is 0. The number of carbonyl (C=O) groups is 1. The minimum absolute atomic E-state index is 0.0520. The largest absolute Gasteiger partial charge is 0.343 e. The van der Waals surface area contributed by atoms with Crippen molar-refractivity contribution in [3.63, 3.8) is 0 Å². The van der Waals surface area contributed by atoms with Gasteiger partial charge in [-0.1, -0.05) is 0 Å². The Morgan fingerprint density at radius 1 is 1.50 bits per heavy atom. The van der Waals surface area contributed by atoms with Crippen LogP contribution in [-0.2, 0) is 9.63 Å². The van der Waals surface area contributed by atoms with Gasteiger partial charge in [-0.25, -0.2) is 0 Å². The van der Waals surface area contributed by atoms with Crippen LogP contribution in [0.25, 0.3) is 0 Å². The third kappa shape index (κ3) is 5.31. The molecule has 0 saturated carbocycles. The van der Waals surface area contributed by atoms with Gasteiger partial charge in [-0.2, -0.15) is 0 Å². The molecule has 0 aromatic rings. The molecule has 1 heterocycles. The number of likely N-dealkylation sites (tertiary alicyclic amines) is 1. The quantitative estimate of drug-likeness (QED) is 0.574. The Kier molecular flexibility index (Phi) is 4.89. The normalized spacial score (nSPS) is 17.6. The lowest BCUT2D eigenvalue weighted by Crippen LogP contribution is -2.44. The molecule has 0 unspecified atom stereocenters. The summed E-state index contributed by atoms with van der Waals surface area (Å²) >= 11 is 0. The standard InChI is InChI=1S/C11H21N3O4/c1-11(2,12)7-10(15)13-5-3-9(4-6-13)8-18-14(16)17/h9H,3-8,12H2,1-2H3. The Hall–Kier alpha value is -1.37. The van der Waals surface area contributed by atoms with E-state index in [9.17, 15) is 14.9 Å².